The standard InChI is InChI=1S/C7H9N3O3S/c1-13-6(12)5-3(2-4(8)11)9-7(14)10-5/h2H2,1H3,(H2,8,11)(H2,9,10,14). The van der Waals surface area contributed by atoms with Crippen LogP contribution < -0.4 is 5.73 Å². The largest absolute Gasteiger partial charge is 0.464 e. The molecule has 0 saturated heterocycles. The van der Waals surface area contributed by atoms with Crippen LogP contribution in [0.25, 0.3) is 0 Å². The Morgan fingerprint density at radius 3 is 2.64 bits per heavy atom. The molecule has 0 unspecified atom stereocenters. The van der Waals surface area contributed by atoms with Gasteiger partial charge in [-0.25, -0.2) is 4.79 Å². The van der Waals surface area contributed by atoms with Gasteiger partial charge < -0.3 is 20.4 Å². The Kier molecular flexibility index (Phi) is 3.03. The van der Waals surface area contributed by atoms with Gasteiger partial charge in [0.1, 0.15) is 5.69 Å². The first-order valence-electron chi connectivity index (χ1n) is 3.72. The second-order valence-electron chi connectivity index (χ2n) is 2.57. The summed E-state index contributed by atoms with van der Waals surface area (Å²) in [6.45, 7) is 0. The van der Waals surface area contributed by atoms with Crippen LogP contribution in [-0.2, 0) is 16.0 Å². The second kappa shape index (κ2) is 4.05. The van der Waals surface area contributed by atoms with E-state index in [1.165, 1.54) is 7.11 Å². The average molecular weight is 215 g/mol. The number of hydrogen-bond acceptors (Lipinski definition) is 4. The lowest BCUT2D eigenvalue weighted by Crippen LogP contribution is -2.16. The van der Waals surface area contributed by atoms with Crippen LogP contribution >= 0.6 is 12.2 Å². The van der Waals surface area contributed by atoms with Crippen molar-refractivity contribution in [3.05, 3.63) is 16.2 Å². The van der Waals surface area contributed by atoms with Crippen molar-refractivity contribution in [1.82, 2.24) is 9.97 Å². The molecule has 0 radical (unpaired) electrons. The minimum atomic E-state index is -0.589. The minimum Gasteiger partial charge on any atom is -0.464 e. The lowest BCUT2D eigenvalue weighted by atomic mass is 10.2. The summed E-state index contributed by atoms with van der Waals surface area (Å²) in [6, 6.07) is 0. The Hall–Kier alpha value is -1.63. The van der Waals surface area contributed by atoms with E-state index in [0.717, 1.165) is 0 Å². The van der Waals surface area contributed by atoms with Crippen LogP contribution in [0.5, 0.6) is 0 Å². The maximum absolute atomic E-state index is 11.2. The summed E-state index contributed by atoms with van der Waals surface area (Å²) in [5.41, 5.74) is 5.46. The van der Waals surface area contributed by atoms with Gasteiger partial charge in [-0.15, -0.1) is 0 Å². The molecular formula is C7H9N3O3S. The fourth-order valence-corrected chi connectivity index (χ4v) is 1.23. The monoisotopic (exact) mass is 215 g/mol. The predicted octanol–water partition coefficient (Wildman–Crippen LogP) is -0.113. The summed E-state index contributed by atoms with van der Waals surface area (Å²) < 4.78 is 4.73. The van der Waals surface area contributed by atoms with Gasteiger partial charge in [-0.3, -0.25) is 4.79 Å². The zero-order valence-electron chi connectivity index (χ0n) is 7.42. The molecule has 0 fully saturated rings. The molecule has 1 amide bonds. The van der Waals surface area contributed by atoms with E-state index in [1.54, 1.807) is 0 Å². The second-order valence-corrected chi connectivity index (χ2v) is 2.98. The van der Waals surface area contributed by atoms with Gasteiger partial charge in [-0.1, -0.05) is 0 Å². The van der Waals surface area contributed by atoms with E-state index in [4.69, 9.17) is 18.0 Å². The molecule has 1 aromatic rings. The van der Waals surface area contributed by atoms with Crippen molar-refractivity contribution in [2.45, 2.75) is 6.42 Å². The lowest BCUT2D eigenvalue weighted by molar-refractivity contribution is -0.117. The predicted molar refractivity (Wildman–Crippen MR) is 50.2 cm³/mol. The molecule has 1 aromatic heterocycles. The number of imidazole rings is 1. The number of methoxy groups -OCH3 is 1. The van der Waals surface area contributed by atoms with Gasteiger partial charge >= 0.3 is 5.97 Å². The van der Waals surface area contributed by atoms with Gasteiger partial charge in [0.05, 0.1) is 19.2 Å². The first kappa shape index (κ1) is 10.5. The van der Waals surface area contributed by atoms with E-state index in [9.17, 15) is 9.59 Å². The first-order valence-corrected chi connectivity index (χ1v) is 4.13. The Morgan fingerprint density at radius 1 is 1.50 bits per heavy atom. The Morgan fingerprint density at radius 2 is 2.14 bits per heavy atom. The fourth-order valence-electron chi connectivity index (χ4n) is 1.00. The zero-order chi connectivity index (χ0) is 10.7. The molecule has 1 rings (SSSR count). The SMILES string of the molecule is COC(=O)c1[nH]c(=S)[nH]c1CC(N)=O. The number of aromatic amines is 2. The quantitative estimate of drug-likeness (QED) is 0.483. The summed E-state index contributed by atoms with van der Waals surface area (Å²) in [5.74, 6) is -1.14. The van der Waals surface area contributed by atoms with Crippen molar-refractivity contribution in [1.29, 1.82) is 0 Å². The van der Waals surface area contributed by atoms with Crippen LogP contribution in [0.2, 0.25) is 0 Å². The fraction of sp³-hybridized carbons (Fsp3) is 0.286. The third-order valence-electron chi connectivity index (χ3n) is 1.55. The molecule has 7 heteroatoms. The molecule has 14 heavy (non-hydrogen) atoms. The van der Waals surface area contributed by atoms with Gasteiger partial charge in [0.25, 0.3) is 0 Å². The van der Waals surface area contributed by atoms with Crippen LogP contribution in [0.4, 0.5) is 0 Å². The molecule has 0 aliphatic carbocycles. The first-order chi connectivity index (χ1) is 6.54. The van der Waals surface area contributed by atoms with E-state index < -0.39 is 11.9 Å². The zero-order valence-corrected chi connectivity index (χ0v) is 8.23. The number of nitrogens with one attached hydrogen (secondary N) is 2. The molecular weight excluding hydrogens is 206 g/mol. The van der Waals surface area contributed by atoms with Gasteiger partial charge in [0.2, 0.25) is 5.91 Å². The molecule has 0 aromatic carbocycles. The topological polar surface area (TPSA) is 101 Å². The van der Waals surface area contributed by atoms with Crippen molar-refractivity contribution < 1.29 is 14.3 Å². The number of hydrogen-bond donors (Lipinski definition) is 3. The number of aromatic nitrogens is 2. The Labute approximate surface area is 84.5 Å². The van der Waals surface area contributed by atoms with Crippen LogP contribution in [-0.4, -0.2) is 29.0 Å². The smallest absolute Gasteiger partial charge is 0.356 e. The van der Waals surface area contributed by atoms with Crippen molar-refractivity contribution in [3.63, 3.8) is 0 Å². The van der Waals surface area contributed by atoms with Crippen LogP contribution in [0, 0.1) is 4.77 Å². The lowest BCUT2D eigenvalue weighted by Gasteiger charge is -1.98. The van der Waals surface area contributed by atoms with E-state index in [-0.39, 0.29) is 16.9 Å². The number of carbonyl (C=O) groups is 2. The summed E-state index contributed by atoms with van der Waals surface area (Å²) in [4.78, 5) is 27.0. The molecule has 76 valence electrons. The molecule has 6 nitrogen and oxygen atoms in total. The number of H-pyrrole nitrogens is 2. The number of rotatable bonds is 3. The highest BCUT2D eigenvalue weighted by Gasteiger charge is 2.15. The average Bonchev–Trinajstić information content (AvgIpc) is 2.44. The normalized spacial score (nSPS) is 9.79. The number of carbonyl (C=O) groups excluding carboxylic acids is 2. The summed E-state index contributed by atoms with van der Waals surface area (Å²) in [7, 11) is 1.24. The molecule has 0 saturated carbocycles. The van der Waals surface area contributed by atoms with E-state index in [0.29, 0.717) is 5.69 Å². The molecule has 0 bridgehead atoms. The number of nitrogens with two attached hydrogens (primary N) is 1. The Bertz CT molecular complexity index is 420. The molecule has 1 heterocycles. The van der Waals surface area contributed by atoms with Crippen LogP contribution in [0.1, 0.15) is 16.2 Å². The van der Waals surface area contributed by atoms with Gasteiger partial charge in [0, 0.05) is 0 Å². The maximum Gasteiger partial charge on any atom is 0.356 e. The van der Waals surface area contributed by atoms with E-state index >= 15 is 0 Å². The number of amides is 1. The summed E-state index contributed by atoms with van der Waals surface area (Å²) >= 11 is 4.77. The molecule has 0 spiro atoms. The van der Waals surface area contributed by atoms with Gasteiger partial charge in [0.15, 0.2) is 4.77 Å². The third kappa shape index (κ3) is 2.19. The maximum atomic E-state index is 11.2. The third-order valence-corrected chi connectivity index (χ3v) is 1.75. The van der Waals surface area contributed by atoms with Crippen LogP contribution in [0.3, 0.4) is 0 Å². The van der Waals surface area contributed by atoms with Gasteiger partial charge in [-0.05, 0) is 12.2 Å². The van der Waals surface area contributed by atoms with E-state index in [2.05, 4.69) is 14.7 Å². The Balaban J connectivity index is 3.08. The van der Waals surface area contributed by atoms with Crippen molar-refractivity contribution in [3.8, 4) is 0 Å². The molecule has 0 atom stereocenters. The van der Waals surface area contributed by atoms with Crippen molar-refractivity contribution in [2.24, 2.45) is 5.73 Å². The van der Waals surface area contributed by atoms with Crippen LogP contribution in [0.15, 0.2) is 0 Å². The summed E-state index contributed by atoms with van der Waals surface area (Å²) in [6.07, 6.45) is -0.0857. The highest BCUT2D eigenvalue weighted by atomic mass is 32.1. The number of primary amides is 1. The summed E-state index contributed by atoms with van der Waals surface area (Å²) in [5, 5.41) is 0. The number of ether oxygens (including phenoxy) is 1. The highest BCUT2D eigenvalue weighted by Crippen LogP contribution is 2.06. The minimum absolute atomic E-state index is 0.0857. The molecule has 4 N–H and O–H groups in total. The van der Waals surface area contributed by atoms with Crippen molar-refractivity contribution >= 4 is 24.1 Å². The molecule has 0 aliphatic heterocycles. The highest BCUT2D eigenvalue weighted by molar-refractivity contribution is 7.71. The van der Waals surface area contributed by atoms with Gasteiger partial charge in [-0.2, -0.15) is 0 Å². The molecule has 0 aliphatic rings. The number of esters is 1. The van der Waals surface area contributed by atoms with Crippen molar-refractivity contribution in [2.75, 3.05) is 7.11 Å². The van der Waals surface area contributed by atoms with E-state index in [1.807, 2.05) is 0 Å².